The van der Waals surface area contributed by atoms with Crippen LogP contribution in [0.5, 0.6) is 0 Å². The summed E-state index contributed by atoms with van der Waals surface area (Å²) in [5.41, 5.74) is 0.0237. The van der Waals surface area contributed by atoms with Gasteiger partial charge in [0.15, 0.2) is 0 Å². The van der Waals surface area contributed by atoms with Crippen LogP contribution in [0.4, 0.5) is 0 Å². The third-order valence-corrected chi connectivity index (χ3v) is 6.17. The molecule has 0 aromatic heterocycles. The van der Waals surface area contributed by atoms with Crippen molar-refractivity contribution in [1.29, 1.82) is 0 Å². The standard InChI is InChI=1S/C25H24N2O4/c1-17(23(29)30)27-16-15-20-13-8-14-21(18-9-4-2-5-10-18)25(20,24(27)31)26-22(28)19-11-6-3-7-12-19/h2-13,15-17,20-21H,14H2,1H3,(H,26,28)(H,29,30)/t17-,20+,21+,25+/m0/s1. The Balaban J connectivity index is 1.85. The van der Waals surface area contributed by atoms with Crippen molar-refractivity contribution in [2.24, 2.45) is 5.92 Å². The van der Waals surface area contributed by atoms with Crippen LogP contribution >= 0.6 is 0 Å². The zero-order chi connectivity index (χ0) is 22.0. The lowest BCUT2D eigenvalue weighted by atomic mass is 9.64. The summed E-state index contributed by atoms with van der Waals surface area (Å²) < 4.78 is 0. The zero-order valence-electron chi connectivity index (χ0n) is 17.1. The van der Waals surface area contributed by atoms with E-state index >= 15 is 0 Å². The van der Waals surface area contributed by atoms with Crippen molar-refractivity contribution in [3.63, 3.8) is 0 Å². The molecule has 2 N–H and O–H groups in total. The van der Waals surface area contributed by atoms with Crippen LogP contribution in [0.1, 0.15) is 35.2 Å². The smallest absolute Gasteiger partial charge is 0.326 e. The highest BCUT2D eigenvalue weighted by molar-refractivity contribution is 6.02. The molecule has 2 amide bonds. The first-order chi connectivity index (χ1) is 14.9. The van der Waals surface area contributed by atoms with Crippen molar-refractivity contribution in [3.8, 4) is 0 Å². The maximum atomic E-state index is 13.9. The summed E-state index contributed by atoms with van der Waals surface area (Å²) >= 11 is 0. The number of hydrogen-bond acceptors (Lipinski definition) is 3. The van der Waals surface area contributed by atoms with Gasteiger partial charge in [-0.25, -0.2) is 4.79 Å². The molecule has 0 saturated heterocycles. The first-order valence-electron chi connectivity index (χ1n) is 10.3. The molecule has 6 nitrogen and oxygen atoms in total. The van der Waals surface area contributed by atoms with Gasteiger partial charge in [-0.15, -0.1) is 0 Å². The molecule has 2 aliphatic rings. The molecule has 1 aliphatic carbocycles. The minimum absolute atomic E-state index is 0.350. The number of allylic oxidation sites excluding steroid dienone is 1. The zero-order valence-corrected chi connectivity index (χ0v) is 17.1. The second kappa shape index (κ2) is 8.22. The molecule has 2 aromatic rings. The highest BCUT2D eigenvalue weighted by atomic mass is 16.4. The van der Waals surface area contributed by atoms with Crippen molar-refractivity contribution in [2.45, 2.75) is 30.8 Å². The lowest BCUT2D eigenvalue weighted by Crippen LogP contribution is -2.69. The molecule has 0 bridgehead atoms. The van der Waals surface area contributed by atoms with E-state index in [0.717, 1.165) is 5.56 Å². The van der Waals surface area contributed by atoms with Gasteiger partial charge in [-0.05, 0) is 31.0 Å². The minimum atomic E-state index is -1.33. The number of rotatable bonds is 5. The fourth-order valence-corrected chi connectivity index (χ4v) is 4.49. The molecular weight excluding hydrogens is 392 g/mol. The van der Waals surface area contributed by atoms with E-state index < -0.39 is 29.4 Å². The highest BCUT2D eigenvalue weighted by Gasteiger charge is 2.56. The van der Waals surface area contributed by atoms with Crippen molar-refractivity contribution in [1.82, 2.24) is 10.2 Å². The van der Waals surface area contributed by atoms with E-state index in [1.54, 1.807) is 30.3 Å². The van der Waals surface area contributed by atoms with Gasteiger partial charge < -0.3 is 15.3 Å². The summed E-state index contributed by atoms with van der Waals surface area (Å²) in [6.07, 6.45) is 7.81. The fourth-order valence-electron chi connectivity index (χ4n) is 4.49. The van der Waals surface area contributed by atoms with Crippen LogP contribution in [0.2, 0.25) is 0 Å². The number of nitrogens with zero attached hydrogens (tertiary/aromatic N) is 1. The second-order valence-corrected chi connectivity index (χ2v) is 7.91. The Labute approximate surface area is 180 Å². The summed E-state index contributed by atoms with van der Waals surface area (Å²) in [4.78, 5) is 40.1. The number of carbonyl (C=O) groups excluding carboxylic acids is 2. The van der Waals surface area contributed by atoms with Crippen LogP contribution in [0.25, 0.3) is 0 Å². The summed E-state index contributed by atoms with van der Waals surface area (Å²) in [6.45, 7) is 1.47. The quantitative estimate of drug-likeness (QED) is 0.732. The predicted molar refractivity (Wildman–Crippen MR) is 116 cm³/mol. The van der Waals surface area contributed by atoms with Crippen LogP contribution in [0.15, 0.2) is 85.1 Å². The molecule has 6 heteroatoms. The van der Waals surface area contributed by atoms with Gasteiger partial charge >= 0.3 is 5.97 Å². The van der Waals surface area contributed by atoms with Crippen molar-refractivity contribution in [3.05, 3.63) is 96.2 Å². The van der Waals surface area contributed by atoms with Gasteiger partial charge in [-0.3, -0.25) is 9.59 Å². The maximum absolute atomic E-state index is 13.9. The average Bonchev–Trinajstić information content (AvgIpc) is 2.80. The van der Waals surface area contributed by atoms with E-state index in [4.69, 9.17) is 0 Å². The van der Waals surface area contributed by atoms with Crippen molar-refractivity contribution in [2.75, 3.05) is 0 Å². The number of carbonyl (C=O) groups is 3. The third-order valence-electron chi connectivity index (χ3n) is 6.17. The Hall–Kier alpha value is -3.67. The summed E-state index contributed by atoms with van der Waals surface area (Å²) in [6, 6.07) is 17.2. The van der Waals surface area contributed by atoms with Crippen LogP contribution in [-0.4, -0.2) is 39.4 Å². The molecular formula is C25H24N2O4. The average molecular weight is 416 g/mol. The Morgan fingerprint density at radius 2 is 1.71 bits per heavy atom. The molecule has 0 spiro atoms. The summed E-state index contributed by atoms with van der Waals surface area (Å²) in [5, 5.41) is 12.6. The Kier molecular flexibility index (Phi) is 5.46. The SMILES string of the molecule is C[C@@H](C(=O)O)N1C=C[C@H]2C=CC[C@H](c3ccccc3)[C@@]2(NC(=O)c2ccccc2)C1=O. The predicted octanol–water partition coefficient (Wildman–Crippen LogP) is 3.34. The molecule has 0 radical (unpaired) electrons. The molecule has 1 aliphatic heterocycles. The Bertz CT molecular complexity index is 1050. The van der Waals surface area contributed by atoms with Crippen LogP contribution in [-0.2, 0) is 9.59 Å². The molecule has 4 rings (SSSR count). The monoisotopic (exact) mass is 416 g/mol. The fraction of sp³-hybridized carbons (Fsp3) is 0.240. The first-order valence-corrected chi connectivity index (χ1v) is 10.3. The summed E-state index contributed by atoms with van der Waals surface area (Å²) in [5.74, 6) is -2.64. The van der Waals surface area contributed by atoms with Gasteiger partial charge in [0.25, 0.3) is 11.8 Å². The number of fused-ring (bicyclic) bond motifs is 1. The number of amides is 2. The number of nitrogens with one attached hydrogen (secondary N) is 1. The lowest BCUT2D eigenvalue weighted by Gasteiger charge is -2.50. The van der Waals surface area contributed by atoms with Gasteiger partial charge in [-0.2, -0.15) is 0 Å². The normalized spacial score (nSPS) is 25.6. The molecule has 31 heavy (non-hydrogen) atoms. The van der Waals surface area contributed by atoms with E-state index in [9.17, 15) is 19.5 Å². The minimum Gasteiger partial charge on any atom is -0.480 e. The van der Waals surface area contributed by atoms with Gasteiger partial charge in [0, 0.05) is 23.6 Å². The Morgan fingerprint density at radius 1 is 1.06 bits per heavy atom. The highest BCUT2D eigenvalue weighted by Crippen LogP contribution is 2.45. The van der Waals surface area contributed by atoms with Gasteiger partial charge in [0.2, 0.25) is 0 Å². The van der Waals surface area contributed by atoms with Crippen molar-refractivity contribution < 1.29 is 19.5 Å². The van der Waals surface area contributed by atoms with Crippen LogP contribution in [0.3, 0.4) is 0 Å². The third kappa shape index (κ3) is 3.54. The van der Waals surface area contributed by atoms with E-state index in [1.807, 2.05) is 48.6 Å². The van der Waals surface area contributed by atoms with Crippen LogP contribution in [0, 0.1) is 5.92 Å². The molecule has 0 saturated carbocycles. The first kappa shape index (κ1) is 20.6. The number of carboxylic acid groups (broad SMARTS) is 1. The molecule has 0 fully saturated rings. The van der Waals surface area contributed by atoms with Crippen LogP contribution < -0.4 is 5.32 Å². The van der Waals surface area contributed by atoms with Gasteiger partial charge in [-0.1, -0.05) is 66.8 Å². The largest absolute Gasteiger partial charge is 0.480 e. The number of carboxylic acids is 1. The molecule has 4 atom stereocenters. The van der Waals surface area contributed by atoms with Gasteiger partial charge in [0.05, 0.1) is 0 Å². The topological polar surface area (TPSA) is 86.7 Å². The van der Waals surface area contributed by atoms with Crippen molar-refractivity contribution >= 4 is 17.8 Å². The van der Waals surface area contributed by atoms with E-state index in [0.29, 0.717) is 12.0 Å². The number of aliphatic carboxylic acids is 1. The molecule has 158 valence electrons. The molecule has 1 heterocycles. The lowest BCUT2D eigenvalue weighted by molar-refractivity contribution is -0.151. The van der Waals surface area contributed by atoms with E-state index in [-0.39, 0.29) is 11.8 Å². The Morgan fingerprint density at radius 3 is 2.35 bits per heavy atom. The molecule has 2 aromatic carbocycles. The number of hydrogen-bond donors (Lipinski definition) is 2. The maximum Gasteiger partial charge on any atom is 0.326 e. The molecule has 0 unspecified atom stereocenters. The number of benzene rings is 2. The van der Waals surface area contributed by atoms with E-state index in [1.165, 1.54) is 18.0 Å². The van der Waals surface area contributed by atoms with Gasteiger partial charge in [0.1, 0.15) is 11.6 Å². The van der Waals surface area contributed by atoms with E-state index in [2.05, 4.69) is 5.32 Å². The summed E-state index contributed by atoms with van der Waals surface area (Å²) in [7, 11) is 0. The second-order valence-electron chi connectivity index (χ2n) is 7.91.